The molecule has 4 aromatic rings. The molecule has 0 fully saturated rings. The molecule has 0 aliphatic rings. The van der Waals surface area contributed by atoms with Crippen molar-refractivity contribution in [2.24, 2.45) is 0 Å². The van der Waals surface area contributed by atoms with Gasteiger partial charge in [-0.15, -0.1) is 11.3 Å². The number of hydrogen-bond acceptors (Lipinski definition) is 7. The number of thiazole rings is 1. The first-order chi connectivity index (χ1) is 12.9. The lowest BCUT2D eigenvalue weighted by Crippen LogP contribution is -2.01. The summed E-state index contributed by atoms with van der Waals surface area (Å²) in [4.78, 5) is 17.4. The zero-order chi connectivity index (χ0) is 17.6. The van der Waals surface area contributed by atoms with Crippen LogP contribution < -0.4 is 10.6 Å². The molecule has 0 aromatic carbocycles. The Balaban J connectivity index is 1.40. The van der Waals surface area contributed by atoms with Crippen molar-refractivity contribution < 1.29 is 0 Å². The predicted octanol–water partition coefficient (Wildman–Crippen LogP) is 4.35. The summed E-state index contributed by atoms with van der Waals surface area (Å²) in [6.45, 7) is 0.691. The average Bonchev–Trinajstić information content (AvgIpc) is 3.23. The standard InChI is InChI=1S/C19H16N6S/c1-4-16(19-21-9-10-26-19)24-18(5-1)25-17-7-6-14(12-23-17)11-22-15-3-2-8-20-13-15/h1-10,12-13,22H,11H2,(H,23,24,25). The van der Waals surface area contributed by atoms with E-state index in [0.29, 0.717) is 6.54 Å². The van der Waals surface area contributed by atoms with Gasteiger partial charge in [-0.3, -0.25) is 4.98 Å². The number of pyridine rings is 3. The topological polar surface area (TPSA) is 75.6 Å². The molecule has 0 amide bonds. The number of aromatic nitrogens is 4. The number of hydrogen-bond donors (Lipinski definition) is 2. The smallest absolute Gasteiger partial charge is 0.141 e. The normalized spacial score (nSPS) is 10.5. The third-order valence-electron chi connectivity index (χ3n) is 3.64. The first-order valence-corrected chi connectivity index (χ1v) is 8.97. The highest BCUT2D eigenvalue weighted by atomic mass is 32.1. The SMILES string of the molecule is c1cncc(NCc2ccc(Nc3cccc(-c4nccs4)n3)nc2)c1. The summed E-state index contributed by atoms with van der Waals surface area (Å²) in [5.74, 6) is 1.49. The second-order valence-electron chi connectivity index (χ2n) is 5.52. The number of nitrogens with one attached hydrogen (secondary N) is 2. The second kappa shape index (κ2) is 7.71. The quantitative estimate of drug-likeness (QED) is 0.532. The molecule has 0 atom stereocenters. The summed E-state index contributed by atoms with van der Waals surface area (Å²) in [6, 6.07) is 13.7. The molecule has 0 bridgehead atoms. The molecule has 0 spiro atoms. The lowest BCUT2D eigenvalue weighted by atomic mass is 10.2. The monoisotopic (exact) mass is 360 g/mol. The summed E-state index contributed by atoms with van der Waals surface area (Å²) in [5, 5.41) is 9.39. The van der Waals surface area contributed by atoms with Gasteiger partial charge in [-0.1, -0.05) is 12.1 Å². The van der Waals surface area contributed by atoms with Gasteiger partial charge in [0.25, 0.3) is 0 Å². The molecule has 0 radical (unpaired) electrons. The number of anilines is 3. The molecule has 6 nitrogen and oxygen atoms in total. The minimum Gasteiger partial charge on any atom is -0.380 e. The van der Waals surface area contributed by atoms with Crippen molar-refractivity contribution in [1.82, 2.24) is 19.9 Å². The van der Waals surface area contributed by atoms with Crippen molar-refractivity contribution in [1.29, 1.82) is 0 Å². The maximum absolute atomic E-state index is 4.59. The van der Waals surface area contributed by atoms with Gasteiger partial charge in [0, 0.05) is 36.7 Å². The molecule has 7 heteroatoms. The van der Waals surface area contributed by atoms with Crippen LogP contribution in [-0.4, -0.2) is 19.9 Å². The largest absolute Gasteiger partial charge is 0.380 e. The second-order valence-corrected chi connectivity index (χ2v) is 6.41. The highest BCUT2D eigenvalue weighted by Gasteiger charge is 2.04. The highest BCUT2D eigenvalue weighted by molar-refractivity contribution is 7.13. The fourth-order valence-corrected chi connectivity index (χ4v) is 2.99. The van der Waals surface area contributed by atoms with Crippen molar-refractivity contribution in [2.45, 2.75) is 6.54 Å². The van der Waals surface area contributed by atoms with Gasteiger partial charge in [0.05, 0.1) is 5.69 Å². The van der Waals surface area contributed by atoms with Gasteiger partial charge in [-0.2, -0.15) is 0 Å². The fraction of sp³-hybridized carbons (Fsp3) is 0.0526. The molecular weight excluding hydrogens is 344 g/mol. The molecule has 0 saturated carbocycles. The van der Waals surface area contributed by atoms with Crippen molar-refractivity contribution in [3.05, 3.63) is 78.2 Å². The van der Waals surface area contributed by atoms with E-state index in [4.69, 9.17) is 0 Å². The van der Waals surface area contributed by atoms with Gasteiger partial charge in [0.2, 0.25) is 0 Å². The van der Waals surface area contributed by atoms with Gasteiger partial charge in [-0.25, -0.2) is 15.0 Å². The van der Waals surface area contributed by atoms with E-state index in [1.807, 2.05) is 54.0 Å². The summed E-state index contributed by atoms with van der Waals surface area (Å²) in [6.07, 6.45) is 7.17. The summed E-state index contributed by atoms with van der Waals surface area (Å²) >= 11 is 1.57. The lowest BCUT2D eigenvalue weighted by molar-refractivity contribution is 1.10. The van der Waals surface area contributed by atoms with Crippen molar-refractivity contribution in [2.75, 3.05) is 10.6 Å². The van der Waals surface area contributed by atoms with Crippen molar-refractivity contribution in [3.63, 3.8) is 0 Å². The summed E-state index contributed by atoms with van der Waals surface area (Å²) in [7, 11) is 0. The molecule has 0 unspecified atom stereocenters. The first kappa shape index (κ1) is 16.2. The Bertz CT molecular complexity index is 955. The molecule has 0 aliphatic carbocycles. The third-order valence-corrected chi connectivity index (χ3v) is 4.44. The van der Waals surface area contributed by atoms with Crippen LogP contribution >= 0.6 is 11.3 Å². The Kier molecular flexibility index (Phi) is 4.79. The molecule has 4 rings (SSSR count). The van der Waals surface area contributed by atoms with Crippen LogP contribution in [0.2, 0.25) is 0 Å². The van der Waals surface area contributed by atoms with Crippen LogP contribution in [0.15, 0.2) is 72.6 Å². The van der Waals surface area contributed by atoms with Crippen LogP contribution in [0.3, 0.4) is 0 Å². The maximum Gasteiger partial charge on any atom is 0.141 e. The van der Waals surface area contributed by atoms with Crippen molar-refractivity contribution >= 4 is 28.7 Å². The Labute approximate surface area is 155 Å². The molecular formula is C19H16N6S. The van der Waals surface area contributed by atoms with Crippen LogP contribution in [0.25, 0.3) is 10.7 Å². The van der Waals surface area contributed by atoms with E-state index in [0.717, 1.165) is 33.6 Å². The average molecular weight is 360 g/mol. The fourth-order valence-electron chi connectivity index (χ4n) is 2.38. The van der Waals surface area contributed by atoms with E-state index in [-0.39, 0.29) is 0 Å². The first-order valence-electron chi connectivity index (χ1n) is 8.09. The van der Waals surface area contributed by atoms with Crippen LogP contribution in [0.1, 0.15) is 5.56 Å². The molecule has 0 aliphatic heterocycles. The lowest BCUT2D eigenvalue weighted by Gasteiger charge is -2.08. The highest BCUT2D eigenvalue weighted by Crippen LogP contribution is 2.22. The maximum atomic E-state index is 4.59. The van der Waals surface area contributed by atoms with Gasteiger partial charge in [-0.05, 0) is 35.9 Å². The Hall–Kier alpha value is -3.32. The van der Waals surface area contributed by atoms with Gasteiger partial charge in [0.15, 0.2) is 0 Å². The predicted molar refractivity (Wildman–Crippen MR) is 104 cm³/mol. The zero-order valence-corrected chi connectivity index (χ0v) is 14.6. The summed E-state index contributed by atoms with van der Waals surface area (Å²) < 4.78 is 0. The molecule has 4 heterocycles. The number of rotatable bonds is 6. The summed E-state index contributed by atoms with van der Waals surface area (Å²) in [5.41, 5.74) is 2.92. The molecule has 128 valence electrons. The van der Waals surface area contributed by atoms with E-state index in [2.05, 4.69) is 30.6 Å². The minimum atomic E-state index is 0.691. The third kappa shape index (κ3) is 4.01. The minimum absolute atomic E-state index is 0.691. The van der Waals surface area contributed by atoms with E-state index < -0.39 is 0 Å². The van der Waals surface area contributed by atoms with Crippen molar-refractivity contribution in [3.8, 4) is 10.7 Å². The molecule has 26 heavy (non-hydrogen) atoms. The Morgan fingerprint density at radius 3 is 2.65 bits per heavy atom. The van der Waals surface area contributed by atoms with Crippen LogP contribution in [0.5, 0.6) is 0 Å². The van der Waals surface area contributed by atoms with Crippen LogP contribution in [-0.2, 0) is 6.54 Å². The zero-order valence-electron chi connectivity index (χ0n) is 13.8. The molecule has 4 aromatic heterocycles. The van der Waals surface area contributed by atoms with E-state index in [1.165, 1.54) is 0 Å². The van der Waals surface area contributed by atoms with Gasteiger partial charge in [0.1, 0.15) is 22.3 Å². The van der Waals surface area contributed by atoms with E-state index in [1.54, 1.807) is 29.9 Å². The van der Waals surface area contributed by atoms with E-state index >= 15 is 0 Å². The molecule has 0 saturated heterocycles. The number of nitrogens with zero attached hydrogens (tertiary/aromatic N) is 4. The van der Waals surface area contributed by atoms with Gasteiger partial charge < -0.3 is 10.6 Å². The van der Waals surface area contributed by atoms with Crippen LogP contribution in [0.4, 0.5) is 17.3 Å². The molecule has 2 N–H and O–H groups in total. The van der Waals surface area contributed by atoms with Crippen LogP contribution in [0, 0.1) is 0 Å². The Morgan fingerprint density at radius 2 is 1.88 bits per heavy atom. The van der Waals surface area contributed by atoms with E-state index in [9.17, 15) is 0 Å². The van der Waals surface area contributed by atoms with Gasteiger partial charge >= 0.3 is 0 Å². The Morgan fingerprint density at radius 1 is 0.885 bits per heavy atom.